The van der Waals surface area contributed by atoms with Crippen molar-refractivity contribution >= 4 is 17.9 Å². The molecule has 0 fully saturated rings. The Labute approximate surface area is 508 Å². The Kier molecular flexibility index (Phi) is 63.1. The molecule has 458 valence electrons. The molecule has 1 unspecified atom stereocenters. The quantitative estimate of drug-likeness (QED) is 0.0261. The summed E-state index contributed by atoms with van der Waals surface area (Å²) in [6.45, 7) is 6.17. The van der Waals surface area contributed by atoms with Gasteiger partial charge in [0.25, 0.3) is 0 Å². The largest absolute Gasteiger partial charge is 0.462 e. The van der Waals surface area contributed by atoms with E-state index >= 15 is 0 Å². The highest BCUT2D eigenvalue weighted by Gasteiger charge is 2.19. The molecule has 0 aliphatic heterocycles. The maximum atomic E-state index is 12.9. The maximum absolute atomic E-state index is 12.9. The van der Waals surface area contributed by atoms with Crippen molar-refractivity contribution in [2.45, 2.75) is 232 Å². The van der Waals surface area contributed by atoms with Crippen LogP contribution >= 0.6 is 0 Å². The average Bonchev–Trinajstić information content (AvgIpc) is 3.49. The van der Waals surface area contributed by atoms with E-state index in [9.17, 15) is 14.4 Å². The molecule has 0 saturated heterocycles. The van der Waals surface area contributed by atoms with Gasteiger partial charge in [-0.15, -0.1) is 0 Å². The third-order valence-electron chi connectivity index (χ3n) is 12.5. The first-order chi connectivity index (χ1) is 41.0. The maximum Gasteiger partial charge on any atom is 0.306 e. The van der Waals surface area contributed by atoms with E-state index in [2.05, 4.69) is 240 Å². The monoisotopic (exact) mass is 1130 g/mol. The summed E-state index contributed by atoms with van der Waals surface area (Å²) in [5.74, 6) is -1.06. The van der Waals surface area contributed by atoms with Crippen molar-refractivity contribution in [1.29, 1.82) is 0 Å². The van der Waals surface area contributed by atoms with Gasteiger partial charge in [-0.05, 0) is 173 Å². The van der Waals surface area contributed by atoms with Gasteiger partial charge >= 0.3 is 17.9 Å². The molecule has 0 aliphatic rings. The normalized spacial score (nSPS) is 13.6. The van der Waals surface area contributed by atoms with Crippen LogP contribution in [0.5, 0.6) is 0 Å². The van der Waals surface area contributed by atoms with Gasteiger partial charge in [-0.2, -0.15) is 0 Å². The Hall–Kier alpha value is -6.27. The third-order valence-corrected chi connectivity index (χ3v) is 12.5. The van der Waals surface area contributed by atoms with Gasteiger partial charge < -0.3 is 14.2 Å². The fourth-order valence-electron chi connectivity index (χ4n) is 7.74. The molecule has 0 aliphatic carbocycles. The smallest absolute Gasteiger partial charge is 0.306 e. The average molecular weight is 1140 g/mol. The lowest BCUT2D eigenvalue weighted by Gasteiger charge is -2.18. The van der Waals surface area contributed by atoms with Gasteiger partial charge in [0.05, 0.1) is 0 Å². The number of allylic oxidation sites excluding steroid dienone is 36. The predicted molar refractivity (Wildman–Crippen MR) is 361 cm³/mol. The van der Waals surface area contributed by atoms with E-state index in [1.54, 1.807) is 0 Å². The lowest BCUT2D eigenvalue weighted by Crippen LogP contribution is -2.30. The van der Waals surface area contributed by atoms with Crippen molar-refractivity contribution in [3.63, 3.8) is 0 Å². The van der Waals surface area contributed by atoms with Gasteiger partial charge in [-0.3, -0.25) is 14.4 Å². The van der Waals surface area contributed by atoms with Gasteiger partial charge in [0.1, 0.15) is 13.2 Å². The molecule has 6 nitrogen and oxygen atoms in total. The van der Waals surface area contributed by atoms with Crippen LogP contribution in [0.4, 0.5) is 0 Å². The second-order valence-electron chi connectivity index (χ2n) is 20.2. The van der Waals surface area contributed by atoms with E-state index in [0.717, 1.165) is 173 Å². The molecule has 0 aromatic carbocycles. The first kappa shape index (κ1) is 76.7. The van der Waals surface area contributed by atoms with Crippen molar-refractivity contribution in [2.75, 3.05) is 13.2 Å². The second-order valence-corrected chi connectivity index (χ2v) is 20.2. The second kappa shape index (κ2) is 68.2. The van der Waals surface area contributed by atoms with Crippen LogP contribution in [0.2, 0.25) is 0 Å². The summed E-state index contributed by atoms with van der Waals surface area (Å²) < 4.78 is 16.8. The Morgan fingerprint density at radius 3 is 0.687 bits per heavy atom. The fourth-order valence-corrected chi connectivity index (χ4v) is 7.74. The minimum absolute atomic E-state index is 0.134. The Balaban J connectivity index is 4.44. The number of carbonyl (C=O) groups is 3. The first-order valence-electron chi connectivity index (χ1n) is 32.2. The van der Waals surface area contributed by atoms with Crippen molar-refractivity contribution in [2.24, 2.45) is 0 Å². The van der Waals surface area contributed by atoms with E-state index in [4.69, 9.17) is 14.2 Å². The molecule has 0 amide bonds. The molecule has 0 N–H and O–H groups in total. The number of ether oxygens (including phenoxy) is 3. The lowest BCUT2D eigenvalue weighted by atomic mass is 10.1. The molecule has 6 heteroatoms. The highest BCUT2D eigenvalue weighted by Crippen LogP contribution is 2.11. The minimum Gasteiger partial charge on any atom is -0.462 e. The van der Waals surface area contributed by atoms with Crippen molar-refractivity contribution in [1.82, 2.24) is 0 Å². The highest BCUT2D eigenvalue weighted by molar-refractivity contribution is 5.71. The van der Waals surface area contributed by atoms with E-state index < -0.39 is 6.10 Å². The lowest BCUT2D eigenvalue weighted by molar-refractivity contribution is -0.167. The molecule has 0 aromatic heterocycles. The van der Waals surface area contributed by atoms with Gasteiger partial charge in [0.15, 0.2) is 6.10 Å². The van der Waals surface area contributed by atoms with Gasteiger partial charge in [0.2, 0.25) is 0 Å². The van der Waals surface area contributed by atoms with Crippen LogP contribution in [0.3, 0.4) is 0 Å². The number of carbonyl (C=O) groups excluding carboxylic acids is 3. The third kappa shape index (κ3) is 66.4. The zero-order valence-corrected chi connectivity index (χ0v) is 52.4. The van der Waals surface area contributed by atoms with Gasteiger partial charge in [0, 0.05) is 19.3 Å². The summed E-state index contributed by atoms with van der Waals surface area (Å²) in [5.41, 5.74) is 0. The van der Waals surface area contributed by atoms with Crippen LogP contribution < -0.4 is 0 Å². The van der Waals surface area contributed by atoms with Crippen LogP contribution in [0.1, 0.15) is 226 Å². The van der Waals surface area contributed by atoms with Gasteiger partial charge in [-0.1, -0.05) is 252 Å². The zero-order valence-electron chi connectivity index (χ0n) is 52.4. The van der Waals surface area contributed by atoms with E-state index in [1.807, 2.05) is 0 Å². The fraction of sp³-hybridized carbons (Fsp3) is 0.494. The predicted octanol–water partition coefficient (Wildman–Crippen LogP) is 22.5. The van der Waals surface area contributed by atoms with Crippen molar-refractivity contribution < 1.29 is 28.6 Å². The Morgan fingerprint density at radius 1 is 0.241 bits per heavy atom. The van der Waals surface area contributed by atoms with Gasteiger partial charge in [-0.25, -0.2) is 0 Å². The topological polar surface area (TPSA) is 78.9 Å². The summed E-state index contributed by atoms with van der Waals surface area (Å²) in [4.78, 5) is 38.2. The summed E-state index contributed by atoms with van der Waals surface area (Å²) >= 11 is 0. The molecule has 83 heavy (non-hydrogen) atoms. The molecule has 0 heterocycles. The summed E-state index contributed by atoms with van der Waals surface area (Å²) in [5, 5.41) is 0. The van der Waals surface area contributed by atoms with Crippen LogP contribution in [-0.4, -0.2) is 37.2 Å². The standard InChI is InChI=1S/C77H114O6/c1-4-7-10-13-16-19-22-25-28-29-30-31-32-33-34-35-36-37-38-39-40-41-42-43-44-45-46-47-50-52-55-58-61-64-67-70-76(79)82-73-74(83-77(80)71-68-65-62-59-56-53-49-27-24-21-18-15-12-9-6-3)72-81-75(78)69-66-63-60-57-54-51-48-26-23-20-17-14-11-8-5-2/h7-12,16-21,25-28,30-31,33-34,36-37,39-40,42-43,45-46,48-50,52,54,56-57,59,74H,4-6,13-15,22-24,29,32,35,38,41,44,47,51,53,55,58,60-73H2,1-3H3/b10-7-,11-8-,12-9-,19-16-,20-17-,21-18-,28-25-,31-30-,34-33-,37-36-,40-39-,43-42-,46-45-,48-26-,49-27-,52-50-,57-54-,59-56-. The molecule has 1 atom stereocenters. The Morgan fingerprint density at radius 2 is 0.434 bits per heavy atom. The summed E-state index contributed by atoms with van der Waals surface area (Å²) in [6.07, 6.45) is 107. The van der Waals surface area contributed by atoms with Crippen LogP contribution in [-0.2, 0) is 28.6 Å². The summed E-state index contributed by atoms with van der Waals surface area (Å²) in [6, 6.07) is 0. The molecular weight excluding hydrogens is 1020 g/mol. The van der Waals surface area contributed by atoms with E-state index in [0.29, 0.717) is 19.3 Å². The van der Waals surface area contributed by atoms with E-state index in [1.165, 1.54) is 0 Å². The van der Waals surface area contributed by atoms with Crippen LogP contribution in [0, 0.1) is 0 Å². The first-order valence-corrected chi connectivity index (χ1v) is 32.2. The molecule has 0 saturated carbocycles. The molecule has 0 rings (SSSR count). The van der Waals surface area contributed by atoms with E-state index in [-0.39, 0.29) is 44.0 Å². The minimum atomic E-state index is -0.842. The molecule has 0 aromatic rings. The highest BCUT2D eigenvalue weighted by atomic mass is 16.6. The SMILES string of the molecule is CC/C=C\C/C=C\C/C=C\C/C=C\C/C=C\C/C=C\C/C=C\C/C=C\C/C=C\C/C=C\CCCCCCC(=O)OCC(COC(=O)CCCC/C=C\C/C=C\C/C=C\C/C=C\CC)OC(=O)CCCC/C=C\C/C=C\C/C=C\C/C=C\CC. The Bertz CT molecular complexity index is 2080. The van der Waals surface area contributed by atoms with Crippen molar-refractivity contribution in [3.8, 4) is 0 Å². The molecule has 0 bridgehead atoms. The van der Waals surface area contributed by atoms with Crippen LogP contribution in [0.15, 0.2) is 219 Å². The zero-order chi connectivity index (χ0) is 59.9. The number of hydrogen-bond donors (Lipinski definition) is 0. The number of hydrogen-bond acceptors (Lipinski definition) is 6. The number of unbranched alkanes of at least 4 members (excludes halogenated alkanes) is 8. The van der Waals surface area contributed by atoms with Crippen LogP contribution in [0.25, 0.3) is 0 Å². The number of rotatable bonds is 55. The molecule has 0 radical (unpaired) electrons. The van der Waals surface area contributed by atoms with Crippen molar-refractivity contribution in [3.05, 3.63) is 219 Å². The molecular formula is C77H114O6. The summed E-state index contributed by atoms with van der Waals surface area (Å²) in [7, 11) is 0. The molecule has 0 spiro atoms. The number of esters is 3.